The Kier molecular flexibility index (Phi) is 4.18. The zero-order valence-corrected chi connectivity index (χ0v) is 16.8. The van der Waals surface area contributed by atoms with Gasteiger partial charge < -0.3 is 15.5 Å². The van der Waals surface area contributed by atoms with Crippen LogP contribution in [0.15, 0.2) is 24.3 Å². The van der Waals surface area contributed by atoms with E-state index in [1.165, 1.54) is 12.8 Å². The molecule has 0 aromatic heterocycles. The number of benzene rings is 1. The van der Waals surface area contributed by atoms with Crippen molar-refractivity contribution < 1.29 is 9.59 Å². The second-order valence-electron chi connectivity index (χ2n) is 9.69. The Labute approximate surface area is 167 Å². The van der Waals surface area contributed by atoms with Gasteiger partial charge in [-0.3, -0.25) is 9.59 Å². The first kappa shape index (κ1) is 18.0. The number of anilines is 1. The summed E-state index contributed by atoms with van der Waals surface area (Å²) in [4.78, 5) is 28.4. The zero-order chi connectivity index (χ0) is 19.4. The van der Waals surface area contributed by atoms with Gasteiger partial charge in [-0.05, 0) is 56.1 Å². The molecule has 5 aliphatic rings. The number of hydrogen-bond donors (Lipinski definition) is 2. The Morgan fingerprint density at radius 1 is 1.11 bits per heavy atom. The quantitative estimate of drug-likeness (QED) is 0.778. The number of para-hydroxylation sites is 1. The normalized spacial score (nSPS) is 37.0. The van der Waals surface area contributed by atoms with Crippen molar-refractivity contribution in [2.75, 3.05) is 18.4 Å². The van der Waals surface area contributed by atoms with Crippen molar-refractivity contribution in [2.24, 2.45) is 17.3 Å². The number of carbonyl (C=O) groups is 2. The van der Waals surface area contributed by atoms with Crippen molar-refractivity contribution in [3.8, 4) is 0 Å². The lowest BCUT2D eigenvalue weighted by Crippen LogP contribution is -2.70. The fourth-order valence-electron chi connectivity index (χ4n) is 6.34. The van der Waals surface area contributed by atoms with Crippen LogP contribution in [-0.4, -0.2) is 35.5 Å². The predicted octanol–water partition coefficient (Wildman–Crippen LogP) is 3.77. The molecule has 0 unspecified atom stereocenters. The summed E-state index contributed by atoms with van der Waals surface area (Å²) in [6, 6.07) is 7.76. The van der Waals surface area contributed by atoms with Gasteiger partial charge >= 0.3 is 0 Å². The van der Waals surface area contributed by atoms with Crippen molar-refractivity contribution >= 4 is 17.5 Å². The minimum atomic E-state index is -0.409. The molecule has 4 fully saturated rings. The summed E-state index contributed by atoms with van der Waals surface area (Å²) < 4.78 is 0. The van der Waals surface area contributed by atoms with Gasteiger partial charge in [0, 0.05) is 30.6 Å². The summed E-state index contributed by atoms with van der Waals surface area (Å²) >= 11 is 0. The fourth-order valence-corrected chi connectivity index (χ4v) is 6.34. The molecule has 1 saturated heterocycles. The Balaban J connectivity index is 1.41. The number of nitrogens with one attached hydrogen (secondary N) is 2. The largest absolute Gasteiger partial charge is 0.362 e. The molecule has 2 bridgehead atoms. The molecule has 5 nitrogen and oxygen atoms in total. The number of fused-ring (bicyclic) bond motifs is 3. The molecule has 1 aromatic rings. The highest BCUT2D eigenvalue weighted by atomic mass is 16.2. The van der Waals surface area contributed by atoms with Crippen LogP contribution >= 0.6 is 0 Å². The molecular weight excluding hydrogens is 350 g/mol. The predicted molar refractivity (Wildman–Crippen MR) is 109 cm³/mol. The highest BCUT2D eigenvalue weighted by molar-refractivity contribution is 6.02. The van der Waals surface area contributed by atoms with Crippen LogP contribution in [0.1, 0.15) is 68.6 Å². The van der Waals surface area contributed by atoms with Crippen molar-refractivity contribution in [3.63, 3.8) is 0 Å². The molecular formula is C23H31N3O2. The molecule has 2 amide bonds. The zero-order valence-electron chi connectivity index (χ0n) is 16.8. The van der Waals surface area contributed by atoms with Crippen LogP contribution in [0.2, 0.25) is 0 Å². The summed E-state index contributed by atoms with van der Waals surface area (Å²) in [5.74, 6) is 0.769. The van der Waals surface area contributed by atoms with E-state index < -0.39 is 5.66 Å². The summed E-state index contributed by atoms with van der Waals surface area (Å²) in [7, 11) is 0. The monoisotopic (exact) mass is 381 g/mol. The van der Waals surface area contributed by atoms with Crippen LogP contribution in [0.3, 0.4) is 0 Å². The minimum Gasteiger partial charge on any atom is -0.362 e. The highest BCUT2D eigenvalue weighted by Gasteiger charge is 2.60. The summed E-state index contributed by atoms with van der Waals surface area (Å²) in [5.41, 5.74) is 1.17. The number of hydrogen-bond acceptors (Lipinski definition) is 3. The Morgan fingerprint density at radius 3 is 2.61 bits per heavy atom. The molecule has 2 heterocycles. The molecule has 3 saturated carbocycles. The first-order chi connectivity index (χ1) is 13.5. The molecule has 4 atom stereocenters. The van der Waals surface area contributed by atoms with E-state index in [4.69, 9.17) is 0 Å². The average molecular weight is 382 g/mol. The van der Waals surface area contributed by atoms with Crippen LogP contribution in [0, 0.1) is 17.3 Å². The van der Waals surface area contributed by atoms with Gasteiger partial charge in [0.1, 0.15) is 5.66 Å². The van der Waals surface area contributed by atoms with Crippen molar-refractivity contribution in [1.82, 2.24) is 10.2 Å². The number of likely N-dealkylation sites (tertiary alicyclic amines) is 1. The lowest BCUT2D eigenvalue weighted by molar-refractivity contribution is -0.150. The average Bonchev–Trinajstić information content (AvgIpc) is 2.96. The first-order valence-electron chi connectivity index (χ1n) is 11.0. The molecule has 6 rings (SSSR count). The van der Waals surface area contributed by atoms with Gasteiger partial charge in [-0.25, -0.2) is 0 Å². The minimum absolute atomic E-state index is 0.0147. The maximum absolute atomic E-state index is 13.5. The molecule has 2 N–H and O–H groups in total. The van der Waals surface area contributed by atoms with Gasteiger partial charge in [0.05, 0.1) is 5.56 Å². The van der Waals surface area contributed by atoms with Crippen molar-refractivity contribution in [1.29, 1.82) is 0 Å². The van der Waals surface area contributed by atoms with Crippen LogP contribution in [0.4, 0.5) is 5.69 Å². The van der Waals surface area contributed by atoms with Crippen molar-refractivity contribution in [3.05, 3.63) is 29.8 Å². The van der Waals surface area contributed by atoms with Crippen LogP contribution in [0.25, 0.3) is 0 Å². The lowest BCUT2D eigenvalue weighted by atomic mass is 9.51. The number of carbonyl (C=O) groups excluding carboxylic acids is 2. The van der Waals surface area contributed by atoms with E-state index in [-0.39, 0.29) is 17.2 Å². The number of amides is 2. The van der Waals surface area contributed by atoms with Gasteiger partial charge in [0.25, 0.3) is 5.91 Å². The standard InChI is InChI=1S/C23H31N3O2/c1-22-11-10-16(14-18(22)21(28)26-12-6-2-3-7-13-26)23(15-22)24-19-9-5-4-8-17(19)20(27)25-23/h4-5,8-9,16,18,24H,2-3,6-7,10-15H2,1H3,(H,25,27)/t16-,18-,22+,23+/m1/s1. The lowest BCUT2D eigenvalue weighted by Gasteiger charge is -2.61. The van der Waals surface area contributed by atoms with Crippen LogP contribution in [-0.2, 0) is 4.79 Å². The van der Waals surface area contributed by atoms with Gasteiger partial charge in [0.2, 0.25) is 5.91 Å². The number of rotatable bonds is 1. The summed E-state index contributed by atoms with van der Waals surface area (Å²) in [6.45, 7) is 4.12. The Bertz CT molecular complexity index is 801. The Morgan fingerprint density at radius 2 is 1.86 bits per heavy atom. The topological polar surface area (TPSA) is 61.4 Å². The summed E-state index contributed by atoms with van der Waals surface area (Å²) in [6.07, 6.45) is 8.60. The second-order valence-corrected chi connectivity index (χ2v) is 9.69. The molecule has 3 aliphatic carbocycles. The van der Waals surface area contributed by atoms with Gasteiger partial charge in [-0.15, -0.1) is 0 Å². The van der Waals surface area contributed by atoms with Crippen molar-refractivity contribution in [2.45, 2.75) is 64.0 Å². The highest BCUT2D eigenvalue weighted by Crippen LogP contribution is 2.58. The molecule has 28 heavy (non-hydrogen) atoms. The van der Waals surface area contributed by atoms with Gasteiger partial charge in [-0.1, -0.05) is 31.9 Å². The third-order valence-electron chi connectivity index (χ3n) is 7.89. The maximum Gasteiger partial charge on any atom is 0.255 e. The Hall–Kier alpha value is -2.04. The third-order valence-corrected chi connectivity index (χ3v) is 7.89. The SMILES string of the molecule is C[C@@]12CC[C@H](C[C@@H]1C(=O)N1CCCCCC1)[C@]1(C2)NC(=O)c2ccccc2N1. The first-order valence-corrected chi connectivity index (χ1v) is 11.0. The van der Waals surface area contributed by atoms with Crippen LogP contribution < -0.4 is 10.6 Å². The molecule has 1 spiro atoms. The molecule has 1 aromatic carbocycles. The van der Waals surface area contributed by atoms with Gasteiger partial charge in [-0.2, -0.15) is 0 Å². The second kappa shape index (κ2) is 6.50. The maximum atomic E-state index is 13.5. The van der Waals surface area contributed by atoms with Crippen LogP contribution in [0.5, 0.6) is 0 Å². The number of nitrogens with zero attached hydrogens (tertiary/aromatic N) is 1. The van der Waals surface area contributed by atoms with E-state index in [0.717, 1.165) is 62.9 Å². The molecule has 0 radical (unpaired) electrons. The van der Waals surface area contributed by atoms with E-state index >= 15 is 0 Å². The van der Waals surface area contributed by atoms with E-state index in [1.807, 2.05) is 24.3 Å². The van der Waals surface area contributed by atoms with E-state index in [0.29, 0.717) is 11.8 Å². The van der Waals surface area contributed by atoms with E-state index in [1.54, 1.807) is 0 Å². The summed E-state index contributed by atoms with van der Waals surface area (Å²) in [5, 5.41) is 7.01. The van der Waals surface area contributed by atoms with E-state index in [2.05, 4.69) is 22.5 Å². The molecule has 150 valence electrons. The third kappa shape index (κ3) is 2.73. The molecule has 2 aliphatic heterocycles. The fraction of sp³-hybridized carbons (Fsp3) is 0.652. The molecule has 5 heteroatoms. The smallest absolute Gasteiger partial charge is 0.255 e. The van der Waals surface area contributed by atoms with Gasteiger partial charge in [0.15, 0.2) is 0 Å². The van der Waals surface area contributed by atoms with E-state index in [9.17, 15) is 9.59 Å².